The summed E-state index contributed by atoms with van der Waals surface area (Å²) in [6, 6.07) is 11.8. The monoisotopic (exact) mass is 328 g/mol. The van der Waals surface area contributed by atoms with Crippen molar-refractivity contribution in [2.45, 2.75) is 30.2 Å². The third-order valence-corrected chi connectivity index (χ3v) is 5.31. The van der Waals surface area contributed by atoms with Crippen LogP contribution in [0.2, 0.25) is 0 Å². The summed E-state index contributed by atoms with van der Waals surface area (Å²) in [6.45, 7) is 0.725. The molecule has 0 aliphatic carbocycles. The molecule has 3 rings (SSSR count). The Morgan fingerprint density at radius 1 is 1.22 bits per heavy atom. The number of rotatable bonds is 3. The summed E-state index contributed by atoms with van der Waals surface area (Å²) in [5.41, 5.74) is 1.87. The van der Waals surface area contributed by atoms with Gasteiger partial charge in [-0.2, -0.15) is 5.26 Å². The number of carbonyl (C=O) groups is 1. The number of hydrogen-bond donors (Lipinski definition) is 0. The highest BCUT2D eigenvalue weighted by atomic mass is 32.2. The maximum absolute atomic E-state index is 12.7. The predicted molar refractivity (Wildman–Crippen MR) is 85.0 cm³/mol. The van der Waals surface area contributed by atoms with Gasteiger partial charge >= 0.3 is 0 Å². The molecule has 0 radical (unpaired) electrons. The fraction of sp³-hybridized carbons (Fsp3) is 0.294. The van der Waals surface area contributed by atoms with Gasteiger partial charge in [-0.3, -0.25) is 4.79 Å². The van der Waals surface area contributed by atoms with Crippen LogP contribution in [0.25, 0.3) is 0 Å². The Labute approximate surface area is 135 Å². The second-order valence-electron chi connectivity index (χ2n) is 5.74. The van der Waals surface area contributed by atoms with E-state index in [9.17, 15) is 18.5 Å². The van der Waals surface area contributed by atoms with Crippen LogP contribution in [0.3, 0.4) is 0 Å². The Kier molecular flexibility index (Phi) is 3.82. The molecule has 1 unspecified atom stereocenters. The number of carbonyl (C=O) groups excluding carboxylic acids is 1. The molecule has 0 saturated carbocycles. The molecule has 118 valence electrons. The van der Waals surface area contributed by atoms with E-state index in [0.29, 0.717) is 11.3 Å². The lowest BCUT2D eigenvalue weighted by atomic mass is 9.98. The van der Waals surface area contributed by atoms with Crippen molar-refractivity contribution in [1.29, 1.82) is 5.26 Å². The highest BCUT2D eigenvalue weighted by Gasteiger charge is 2.25. The number of fused-ring (bicyclic) bond motifs is 1. The Balaban J connectivity index is 1.96. The SMILES string of the molecule is CS(=O)(=O)c1ccc(C(=O)c2ccc3n2CCCC3C#N)cc1. The fourth-order valence-electron chi connectivity index (χ4n) is 2.97. The Morgan fingerprint density at radius 2 is 1.91 bits per heavy atom. The van der Waals surface area contributed by atoms with Gasteiger partial charge in [0.05, 0.1) is 22.6 Å². The summed E-state index contributed by atoms with van der Waals surface area (Å²) in [6.07, 6.45) is 2.82. The largest absolute Gasteiger partial charge is 0.341 e. The van der Waals surface area contributed by atoms with E-state index in [2.05, 4.69) is 6.07 Å². The van der Waals surface area contributed by atoms with Crippen molar-refractivity contribution < 1.29 is 13.2 Å². The number of sulfone groups is 1. The molecule has 1 aromatic heterocycles. The molecule has 23 heavy (non-hydrogen) atoms. The van der Waals surface area contributed by atoms with Gasteiger partial charge in [-0.25, -0.2) is 8.42 Å². The second-order valence-corrected chi connectivity index (χ2v) is 7.76. The Bertz CT molecular complexity index is 902. The number of nitriles is 1. The van der Waals surface area contributed by atoms with Gasteiger partial charge in [0.1, 0.15) is 0 Å². The summed E-state index contributed by atoms with van der Waals surface area (Å²) in [4.78, 5) is 12.9. The van der Waals surface area contributed by atoms with E-state index in [-0.39, 0.29) is 16.6 Å². The van der Waals surface area contributed by atoms with E-state index in [4.69, 9.17) is 0 Å². The van der Waals surface area contributed by atoms with Crippen LogP contribution in [0.4, 0.5) is 0 Å². The minimum absolute atomic E-state index is 0.158. The average molecular weight is 328 g/mol. The number of hydrogen-bond acceptors (Lipinski definition) is 4. The highest BCUT2D eigenvalue weighted by Crippen LogP contribution is 2.29. The molecule has 5 nitrogen and oxygen atoms in total. The Morgan fingerprint density at radius 3 is 2.52 bits per heavy atom. The summed E-state index contributed by atoms with van der Waals surface area (Å²) in [5, 5.41) is 9.20. The van der Waals surface area contributed by atoms with Gasteiger partial charge in [-0.15, -0.1) is 0 Å². The van der Waals surface area contributed by atoms with Gasteiger partial charge in [0, 0.05) is 24.1 Å². The summed E-state index contributed by atoms with van der Waals surface area (Å²) in [7, 11) is -3.28. The molecule has 1 aliphatic heterocycles. The minimum atomic E-state index is -3.28. The molecule has 2 heterocycles. The van der Waals surface area contributed by atoms with Crippen LogP contribution in [0.1, 0.15) is 40.5 Å². The first-order valence-electron chi connectivity index (χ1n) is 7.35. The molecule has 1 atom stereocenters. The number of nitrogens with zero attached hydrogens (tertiary/aromatic N) is 2. The normalized spacial score (nSPS) is 17.3. The lowest BCUT2D eigenvalue weighted by molar-refractivity contribution is 0.102. The third kappa shape index (κ3) is 2.80. The van der Waals surface area contributed by atoms with Crippen molar-refractivity contribution in [3.05, 3.63) is 53.3 Å². The molecular formula is C17H16N2O3S. The van der Waals surface area contributed by atoms with Gasteiger partial charge in [0.15, 0.2) is 9.84 Å². The second kappa shape index (κ2) is 5.67. The Hall–Kier alpha value is -2.39. The van der Waals surface area contributed by atoms with Crippen LogP contribution in [0.15, 0.2) is 41.3 Å². The van der Waals surface area contributed by atoms with Crippen LogP contribution in [-0.2, 0) is 16.4 Å². The molecule has 2 aromatic rings. The molecule has 0 saturated heterocycles. The van der Waals surface area contributed by atoms with Crippen molar-refractivity contribution in [3.63, 3.8) is 0 Å². The zero-order valence-electron chi connectivity index (χ0n) is 12.7. The fourth-order valence-corrected chi connectivity index (χ4v) is 3.60. The molecule has 0 spiro atoms. The van der Waals surface area contributed by atoms with E-state index < -0.39 is 9.84 Å². The maximum atomic E-state index is 12.7. The molecule has 1 aromatic carbocycles. The first-order valence-corrected chi connectivity index (χ1v) is 9.25. The third-order valence-electron chi connectivity index (χ3n) is 4.18. The van der Waals surface area contributed by atoms with Crippen molar-refractivity contribution in [1.82, 2.24) is 4.57 Å². The number of benzene rings is 1. The molecule has 6 heteroatoms. The van der Waals surface area contributed by atoms with E-state index in [1.807, 2.05) is 10.6 Å². The first-order chi connectivity index (χ1) is 10.9. The van der Waals surface area contributed by atoms with Gasteiger partial charge < -0.3 is 4.57 Å². The lowest BCUT2D eigenvalue weighted by Gasteiger charge is -2.21. The predicted octanol–water partition coefficient (Wildman–Crippen LogP) is 2.52. The van der Waals surface area contributed by atoms with Crippen LogP contribution in [-0.4, -0.2) is 25.0 Å². The van der Waals surface area contributed by atoms with Crippen LogP contribution in [0, 0.1) is 11.3 Å². The molecular weight excluding hydrogens is 312 g/mol. The van der Waals surface area contributed by atoms with E-state index >= 15 is 0 Å². The van der Waals surface area contributed by atoms with Crippen molar-refractivity contribution in [3.8, 4) is 6.07 Å². The number of aromatic nitrogens is 1. The molecule has 0 amide bonds. The smallest absolute Gasteiger partial charge is 0.209 e. The van der Waals surface area contributed by atoms with Crippen molar-refractivity contribution in [2.75, 3.05) is 6.26 Å². The topological polar surface area (TPSA) is 79.9 Å². The van der Waals surface area contributed by atoms with Gasteiger partial charge in [0.25, 0.3) is 0 Å². The molecule has 0 N–H and O–H groups in total. The van der Waals surface area contributed by atoms with Crippen LogP contribution < -0.4 is 0 Å². The van der Waals surface area contributed by atoms with Gasteiger partial charge in [0.2, 0.25) is 5.78 Å². The van der Waals surface area contributed by atoms with Crippen LogP contribution >= 0.6 is 0 Å². The van der Waals surface area contributed by atoms with Crippen molar-refractivity contribution >= 4 is 15.6 Å². The van der Waals surface area contributed by atoms with Crippen LogP contribution in [0.5, 0.6) is 0 Å². The van der Waals surface area contributed by atoms with E-state index in [1.54, 1.807) is 6.07 Å². The minimum Gasteiger partial charge on any atom is -0.341 e. The zero-order valence-corrected chi connectivity index (χ0v) is 13.5. The first kappa shape index (κ1) is 15.5. The van der Waals surface area contributed by atoms with E-state index in [0.717, 1.165) is 31.3 Å². The average Bonchev–Trinajstić information content (AvgIpc) is 2.97. The lowest BCUT2D eigenvalue weighted by Crippen LogP contribution is -2.18. The van der Waals surface area contributed by atoms with Gasteiger partial charge in [-0.1, -0.05) is 0 Å². The standard InChI is InChI=1S/C17H16N2O3S/c1-23(21,22)14-6-4-12(5-7-14)17(20)16-9-8-15-13(11-18)3-2-10-19(15)16/h4-9,13H,2-3,10H2,1H3. The molecule has 0 bridgehead atoms. The maximum Gasteiger partial charge on any atom is 0.209 e. The quantitative estimate of drug-likeness (QED) is 0.811. The number of ketones is 1. The highest BCUT2D eigenvalue weighted by molar-refractivity contribution is 7.90. The van der Waals surface area contributed by atoms with E-state index in [1.165, 1.54) is 24.3 Å². The molecule has 1 aliphatic rings. The zero-order chi connectivity index (χ0) is 16.6. The van der Waals surface area contributed by atoms with Crippen molar-refractivity contribution in [2.24, 2.45) is 0 Å². The summed E-state index contributed by atoms with van der Waals surface area (Å²) >= 11 is 0. The van der Waals surface area contributed by atoms with Gasteiger partial charge in [-0.05, 0) is 49.2 Å². The molecule has 0 fully saturated rings. The summed E-state index contributed by atoms with van der Waals surface area (Å²) < 4.78 is 24.9. The summed E-state index contributed by atoms with van der Waals surface area (Å²) in [5.74, 6) is -0.326.